The molecule has 0 saturated carbocycles. The van der Waals surface area contributed by atoms with E-state index in [2.05, 4.69) is 14.9 Å². The molecule has 0 N–H and O–H groups in total. The van der Waals surface area contributed by atoms with E-state index < -0.39 is 11.6 Å². The average Bonchev–Trinajstić information content (AvgIpc) is 2.63. The molecule has 2 aromatic rings. The molecule has 1 aliphatic heterocycles. The molecule has 1 aromatic carbocycles. The van der Waals surface area contributed by atoms with Crippen molar-refractivity contribution in [2.45, 2.75) is 12.8 Å². The predicted octanol–water partition coefficient (Wildman–Crippen LogP) is 2.04. The van der Waals surface area contributed by atoms with Crippen LogP contribution in [-0.2, 0) is 11.2 Å². The van der Waals surface area contributed by atoms with Gasteiger partial charge in [-0.1, -0.05) is 0 Å². The van der Waals surface area contributed by atoms with Gasteiger partial charge in [-0.15, -0.1) is 0 Å². The van der Waals surface area contributed by atoms with Crippen LogP contribution < -0.4 is 4.90 Å². The summed E-state index contributed by atoms with van der Waals surface area (Å²) in [7, 11) is 0. The molecule has 1 amide bonds. The van der Waals surface area contributed by atoms with Crippen molar-refractivity contribution < 1.29 is 13.6 Å². The molecule has 0 spiro atoms. The Hall–Kier alpha value is -2.57. The molecule has 1 aliphatic rings. The van der Waals surface area contributed by atoms with Crippen LogP contribution in [0.1, 0.15) is 12.0 Å². The summed E-state index contributed by atoms with van der Waals surface area (Å²) < 4.78 is 26.7. The third kappa shape index (κ3) is 3.84. The van der Waals surface area contributed by atoms with Crippen molar-refractivity contribution in [1.82, 2.24) is 14.9 Å². The van der Waals surface area contributed by atoms with Gasteiger partial charge >= 0.3 is 0 Å². The fourth-order valence-corrected chi connectivity index (χ4v) is 2.77. The van der Waals surface area contributed by atoms with Crippen LogP contribution in [-0.4, -0.2) is 47.0 Å². The summed E-state index contributed by atoms with van der Waals surface area (Å²) in [5, 5.41) is 0. The van der Waals surface area contributed by atoms with Gasteiger partial charge in [0.15, 0.2) is 0 Å². The number of aryl methyl sites for hydroxylation is 1. The van der Waals surface area contributed by atoms with Crippen molar-refractivity contribution in [1.29, 1.82) is 0 Å². The fraction of sp³-hybridized carbons (Fsp3) is 0.353. The molecule has 126 valence electrons. The molecule has 0 radical (unpaired) electrons. The van der Waals surface area contributed by atoms with Crippen LogP contribution in [0.15, 0.2) is 36.8 Å². The maximum atomic E-state index is 13.6. The van der Waals surface area contributed by atoms with Gasteiger partial charge in [0.2, 0.25) is 5.91 Å². The molecular formula is C17H18F2N4O. The van der Waals surface area contributed by atoms with E-state index in [0.717, 1.165) is 24.0 Å². The number of hydrogen-bond donors (Lipinski definition) is 0. The summed E-state index contributed by atoms with van der Waals surface area (Å²) in [6, 6.07) is 3.32. The van der Waals surface area contributed by atoms with Crippen LogP contribution in [0.3, 0.4) is 0 Å². The number of piperazine rings is 1. The Morgan fingerprint density at radius 1 is 1.12 bits per heavy atom. The van der Waals surface area contributed by atoms with Crippen LogP contribution in [0.2, 0.25) is 0 Å². The Labute approximate surface area is 138 Å². The number of anilines is 1. The SMILES string of the molecule is O=C(CCc1cc(F)ccc1F)N1CCN(c2cnccn2)CC1. The Balaban J connectivity index is 1.51. The summed E-state index contributed by atoms with van der Waals surface area (Å²) in [6.07, 6.45) is 5.33. The Morgan fingerprint density at radius 3 is 2.62 bits per heavy atom. The summed E-state index contributed by atoms with van der Waals surface area (Å²) >= 11 is 0. The lowest BCUT2D eigenvalue weighted by molar-refractivity contribution is -0.131. The van der Waals surface area contributed by atoms with Crippen molar-refractivity contribution in [3.05, 3.63) is 54.0 Å². The zero-order chi connectivity index (χ0) is 16.9. The molecule has 1 fully saturated rings. The first-order chi connectivity index (χ1) is 11.6. The molecule has 1 saturated heterocycles. The van der Waals surface area contributed by atoms with E-state index in [4.69, 9.17) is 0 Å². The van der Waals surface area contributed by atoms with Gasteiger partial charge in [-0.25, -0.2) is 13.8 Å². The van der Waals surface area contributed by atoms with Gasteiger partial charge in [0.25, 0.3) is 0 Å². The zero-order valence-electron chi connectivity index (χ0n) is 13.2. The Kier molecular flexibility index (Phi) is 4.98. The second-order valence-electron chi connectivity index (χ2n) is 5.67. The number of halogens is 2. The van der Waals surface area contributed by atoms with Crippen molar-refractivity contribution in [2.75, 3.05) is 31.1 Å². The molecular weight excluding hydrogens is 314 g/mol. The maximum Gasteiger partial charge on any atom is 0.223 e. The monoisotopic (exact) mass is 332 g/mol. The van der Waals surface area contributed by atoms with E-state index in [0.29, 0.717) is 26.2 Å². The van der Waals surface area contributed by atoms with E-state index in [-0.39, 0.29) is 24.3 Å². The first kappa shape index (κ1) is 16.3. The van der Waals surface area contributed by atoms with E-state index in [1.54, 1.807) is 23.5 Å². The standard InChI is InChI=1S/C17H18F2N4O/c18-14-2-3-15(19)13(11-14)1-4-17(24)23-9-7-22(8-10-23)16-12-20-5-6-21-16/h2-3,5-6,11-12H,1,4,7-10H2. The number of aromatic nitrogens is 2. The molecule has 7 heteroatoms. The predicted molar refractivity (Wildman–Crippen MR) is 85.5 cm³/mol. The van der Waals surface area contributed by atoms with Gasteiger partial charge in [-0.3, -0.25) is 9.78 Å². The van der Waals surface area contributed by atoms with Crippen LogP contribution in [0.5, 0.6) is 0 Å². The normalized spacial score (nSPS) is 14.8. The van der Waals surface area contributed by atoms with E-state index in [9.17, 15) is 13.6 Å². The summed E-state index contributed by atoms with van der Waals surface area (Å²) in [4.78, 5) is 24.4. The number of benzene rings is 1. The molecule has 3 rings (SSSR count). The highest BCUT2D eigenvalue weighted by molar-refractivity contribution is 5.76. The third-order valence-corrected chi connectivity index (χ3v) is 4.12. The zero-order valence-corrected chi connectivity index (χ0v) is 13.2. The lowest BCUT2D eigenvalue weighted by atomic mass is 10.1. The average molecular weight is 332 g/mol. The number of hydrogen-bond acceptors (Lipinski definition) is 4. The van der Waals surface area contributed by atoms with Crippen molar-refractivity contribution >= 4 is 11.7 Å². The van der Waals surface area contributed by atoms with Crippen LogP contribution >= 0.6 is 0 Å². The highest BCUT2D eigenvalue weighted by atomic mass is 19.1. The maximum absolute atomic E-state index is 13.6. The van der Waals surface area contributed by atoms with Crippen LogP contribution in [0.25, 0.3) is 0 Å². The topological polar surface area (TPSA) is 49.3 Å². The van der Waals surface area contributed by atoms with Gasteiger partial charge in [-0.05, 0) is 30.2 Å². The number of nitrogens with zero attached hydrogens (tertiary/aromatic N) is 4. The minimum atomic E-state index is -0.489. The van der Waals surface area contributed by atoms with E-state index >= 15 is 0 Å². The van der Waals surface area contributed by atoms with Gasteiger partial charge < -0.3 is 9.80 Å². The molecule has 2 heterocycles. The lowest BCUT2D eigenvalue weighted by Gasteiger charge is -2.35. The molecule has 24 heavy (non-hydrogen) atoms. The van der Waals surface area contributed by atoms with Gasteiger partial charge in [0.05, 0.1) is 6.20 Å². The van der Waals surface area contributed by atoms with Crippen molar-refractivity contribution in [3.63, 3.8) is 0 Å². The summed E-state index contributed by atoms with van der Waals surface area (Å²) in [5.74, 6) is -0.211. The Morgan fingerprint density at radius 2 is 1.92 bits per heavy atom. The first-order valence-corrected chi connectivity index (χ1v) is 7.86. The van der Waals surface area contributed by atoms with Crippen molar-refractivity contribution in [2.24, 2.45) is 0 Å². The number of carbonyl (C=O) groups excluding carboxylic acids is 1. The fourth-order valence-electron chi connectivity index (χ4n) is 2.77. The van der Waals surface area contributed by atoms with Crippen molar-refractivity contribution in [3.8, 4) is 0 Å². The molecule has 5 nitrogen and oxygen atoms in total. The third-order valence-electron chi connectivity index (χ3n) is 4.12. The van der Waals surface area contributed by atoms with Crippen LogP contribution in [0, 0.1) is 11.6 Å². The smallest absolute Gasteiger partial charge is 0.223 e. The number of rotatable bonds is 4. The highest BCUT2D eigenvalue weighted by Gasteiger charge is 2.22. The van der Waals surface area contributed by atoms with E-state index in [1.165, 1.54) is 0 Å². The quantitative estimate of drug-likeness (QED) is 0.860. The molecule has 0 bridgehead atoms. The molecule has 0 atom stereocenters. The first-order valence-electron chi connectivity index (χ1n) is 7.86. The number of amides is 1. The second kappa shape index (κ2) is 7.33. The van der Waals surface area contributed by atoms with Gasteiger partial charge in [-0.2, -0.15) is 0 Å². The minimum absolute atomic E-state index is 0.0440. The van der Waals surface area contributed by atoms with Gasteiger partial charge in [0.1, 0.15) is 17.5 Å². The summed E-state index contributed by atoms with van der Waals surface area (Å²) in [6.45, 7) is 2.53. The minimum Gasteiger partial charge on any atom is -0.352 e. The molecule has 1 aromatic heterocycles. The Bertz CT molecular complexity index is 703. The van der Waals surface area contributed by atoms with E-state index in [1.807, 2.05) is 0 Å². The summed E-state index contributed by atoms with van der Waals surface area (Å²) in [5.41, 5.74) is 0.238. The largest absolute Gasteiger partial charge is 0.352 e. The second-order valence-corrected chi connectivity index (χ2v) is 5.67. The lowest BCUT2D eigenvalue weighted by Crippen LogP contribution is -2.49. The highest BCUT2D eigenvalue weighted by Crippen LogP contribution is 2.15. The number of carbonyl (C=O) groups is 1. The molecule has 0 unspecified atom stereocenters. The molecule has 0 aliphatic carbocycles. The van der Waals surface area contributed by atoms with Gasteiger partial charge in [0, 0.05) is 45.0 Å². The van der Waals surface area contributed by atoms with Crippen LogP contribution in [0.4, 0.5) is 14.6 Å².